The molecule has 1 aliphatic heterocycles. The SMILES string of the molecule is COC(=O)[C@H]1Cc2nc[nH]c2CN1C(=O)CCc1nc(-c2ccccc2F)no1. The molecule has 0 fully saturated rings. The van der Waals surface area contributed by atoms with Crippen LogP contribution in [0.5, 0.6) is 0 Å². The van der Waals surface area contributed by atoms with E-state index in [1.165, 1.54) is 24.4 Å². The van der Waals surface area contributed by atoms with E-state index in [-0.39, 0.29) is 49.0 Å². The molecule has 150 valence electrons. The quantitative estimate of drug-likeness (QED) is 0.649. The molecule has 0 saturated heterocycles. The number of nitrogens with zero attached hydrogens (tertiary/aromatic N) is 4. The van der Waals surface area contributed by atoms with Gasteiger partial charge in [-0.1, -0.05) is 17.3 Å². The second-order valence-electron chi connectivity index (χ2n) is 6.58. The average molecular weight is 399 g/mol. The van der Waals surface area contributed by atoms with E-state index in [1.54, 1.807) is 18.2 Å². The monoisotopic (exact) mass is 399 g/mol. The number of benzene rings is 1. The number of aryl methyl sites for hydroxylation is 1. The summed E-state index contributed by atoms with van der Waals surface area (Å²) in [5, 5.41) is 3.78. The lowest BCUT2D eigenvalue weighted by Gasteiger charge is -2.33. The summed E-state index contributed by atoms with van der Waals surface area (Å²) in [6.07, 6.45) is 2.04. The van der Waals surface area contributed by atoms with Crippen molar-refractivity contribution in [1.29, 1.82) is 0 Å². The number of fused-ring (bicyclic) bond motifs is 1. The molecule has 1 N–H and O–H groups in total. The fraction of sp³-hybridized carbons (Fsp3) is 0.316. The third-order valence-corrected chi connectivity index (χ3v) is 4.83. The molecule has 1 amide bonds. The van der Waals surface area contributed by atoms with Crippen molar-refractivity contribution in [1.82, 2.24) is 25.0 Å². The Morgan fingerprint density at radius 3 is 3.00 bits per heavy atom. The van der Waals surface area contributed by atoms with E-state index in [1.807, 2.05) is 0 Å². The summed E-state index contributed by atoms with van der Waals surface area (Å²) in [6.45, 7) is 0.234. The fourth-order valence-electron chi connectivity index (χ4n) is 3.31. The van der Waals surface area contributed by atoms with Crippen molar-refractivity contribution in [3.63, 3.8) is 0 Å². The van der Waals surface area contributed by atoms with Crippen LogP contribution < -0.4 is 0 Å². The molecule has 0 aliphatic carbocycles. The minimum atomic E-state index is -0.736. The summed E-state index contributed by atoms with van der Waals surface area (Å²) in [6, 6.07) is 5.36. The number of rotatable bonds is 5. The number of carbonyl (C=O) groups excluding carboxylic acids is 2. The van der Waals surface area contributed by atoms with Gasteiger partial charge < -0.3 is 19.1 Å². The van der Waals surface area contributed by atoms with E-state index in [9.17, 15) is 14.0 Å². The number of ether oxygens (including phenoxy) is 1. The molecule has 10 heteroatoms. The third-order valence-electron chi connectivity index (χ3n) is 4.83. The highest BCUT2D eigenvalue weighted by atomic mass is 19.1. The number of hydrogen-bond acceptors (Lipinski definition) is 7. The highest BCUT2D eigenvalue weighted by Crippen LogP contribution is 2.23. The lowest BCUT2D eigenvalue weighted by Crippen LogP contribution is -2.49. The number of H-pyrrole nitrogens is 1. The maximum absolute atomic E-state index is 13.9. The molecule has 2 aromatic heterocycles. The van der Waals surface area contributed by atoms with Crippen LogP contribution in [-0.2, 0) is 33.7 Å². The van der Waals surface area contributed by atoms with Gasteiger partial charge in [-0.15, -0.1) is 0 Å². The molecule has 0 bridgehead atoms. The lowest BCUT2D eigenvalue weighted by atomic mass is 10.0. The summed E-state index contributed by atoms with van der Waals surface area (Å²) < 4.78 is 23.8. The molecule has 0 saturated carbocycles. The molecule has 3 heterocycles. The zero-order chi connectivity index (χ0) is 20.4. The summed E-state index contributed by atoms with van der Waals surface area (Å²) in [5.74, 6) is -0.873. The highest BCUT2D eigenvalue weighted by Gasteiger charge is 2.36. The van der Waals surface area contributed by atoms with E-state index in [0.29, 0.717) is 0 Å². The summed E-state index contributed by atoms with van der Waals surface area (Å²) in [7, 11) is 1.29. The van der Waals surface area contributed by atoms with Crippen molar-refractivity contribution in [3.05, 3.63) is 53.7 Å². The Hall–Kier alpha value is -3.56. The first-order valence-electron chi connectivity index (χ1n) is 9.02. The number of halogens is 1. The second-order valence-corrected chi connectivity index (χ2v) is 6.58. The molecule has 3 aromatic rings. The average Bonchev–Trinajstić information content (AvgIpc) is 3.39. The zero-order valence-corrected chi connectivity index (χ0v) is 15.6. The van der Waals surface area contributed by atoms with E-state index < -0.39 is 17.8 Å². The van der Waals surface area contributed by atoms with Gasteiger partial charge in [-0.25, -0.2) is 14.2 Å². The molecule has 1 aliphatic rings. The standard InChI is InChI=1S/C19H18FN5O4/c1-28-19(27)15-8-13-14(22-10-21-13)9-25(15)17(26)7-6-16-23-18(24-29-16)11-4-2-3-5-12(11)20/h2-5,10,15H,6-9H2,1H3,(H,21,22)/t15-/m1/s1. The summed E-state index contributed by atoms with van der Waals surface area (Å²) in [4.78, 5) is 37.7. The number of hydrogen-bond donors (Lipinski definition) is 1. The number of aromatic amines is 1. The predicted molar refractivity (Wildman–Crippen MR) is 96.7 cm³/mol. The lowest BCUT2D eigenvalue weighted by molar-refractivity contribution is -0.154. The maximum Gasteiger partial charge on any atom is 0.329 e. The van der Waals surface area contributed by atoms with Crippen molar-refractivity contribution < 1.29 is 23.2 Å². The van der Waals surface area contributed by atoms with Crippen LogP contribution in [0, 0.1) is 5.82 Å². The van der Waals surface area contributed by atoms with E-state index in [2.05, 4.69) is 20.1 Å². The smallest absolute Gasteiger partial charge is 0.329 e. The number of carbonyl (C=O) groups is 2. The van der Waals surface area contributed by atoms with Gasteiger partial charge in [-0.2, -0.15) is 4.98 Å². The van der Waals surface area contributed by atoms with Crippen LogP contribution >= 0.6 is 0 Å². The number of nitrogens with one attached hydrogen (secondary N) is 1. The van der Waals surface area contributed by atoms with Gasteiger partial charge in [0.1, 0.15) is 11.9 Å². The van der Waals surface area contributed by atoms with Gasteiger partial charge in [0, 0.05) is 19.3 Å². The number of amides is 1. The van der Waals surface area contributed by atoms with Crippen molar-refractivity contribution >= 4 is 11.9 Å². The van der Waals surface area contributed by atoms with E-state index >= 15 is 0 Å². The largest absolute Gasteiger partial charge is 0.467 e. The number of imidazole rings is 1. The predicted octanol–water partition coefficient (Wildman–Crippen LogP) is 1.66. The highest BCUT2D eigenvalue weighted by molar-refractivity contribution is 5.85. The first kappa shape index (κ1) is 18.8. The van der Waals surface area contributed by atoms with Crippen LogP contribution in [0.1, 0.15) is 23.7 Å². The molecule has 1 atom stereocenters. The molecule has 0 radical (unpaired) electrons. The molecular weight excluding hydrogens is 381 g/mol. The minimum Gasteiger partial charge on any atom is -0.467 e. The Kier molecular flexibility index (Phi) is 5.07. The molecule has 9 nitrogen and oxygen atoms in total. The van der Waals surface area contributed by atoms with Crippen molar-refractivity contribution in [3.8, 4) is 11.4 Å². The first-order valence-corrected chi connectivity index (χ1v) is 9.02. The Bertz CT molecular complexity index is 1050. The summed E-state index contributed by atoms with van der Waals surface area (Å²) >= 11 is 0. The molecule has 1 aromatic carbocycles. The Morgan fingerprint density at radius 2 is 2.21 bits per heavy atom. The third kappa shape index (κ3) is 3.73. The fourth-order valence-corrected chi connectivity index (χ4v) is 3.31. The van der Waals surface area contributed by atoms with Crippen LogP contribution in [-0.4, -0.2) is 50.0 Å². The normalized spacial score (nSPS) is 15.8. The van der Waals surface area contributed by atoms with Gasteiger partial charge >= 0.3 is 5.97 Å². The van der Waals surface area contributed by atoms with Crippen LogP contribution in [0.15, 0.2) is 35.1 Å². The van der Waals surface area contributed by atoms with Crippen molar-refractivity contribution in [2.24, 2.45) is 0 Å². The Balaban J connectivity index is 1.45. The Morgan fingerprint density at radius 1 is 1.38 bits per heavy atom. The van der Waals surface area contributed by atoms with Gasteiger partial charge in [0.2, 0.25) is 17.6 Å². The minimum absolute atomic E-state index is 0.0515. The van der Waals surface area contributed by atoms with Gasteiger partial charge in [-0.05, 0) is 12.1 Å². The molecule has 0 spiro atoms. The van der Waals surface area contributed by atoms with Crippen LogP contribution in [0.3, 0.4) is 0 Å². The van der Waals surface area contributed by atoms with Crippen LogP contribution in [0.2, 0.25) is 0 Å². The van der Waals surface area contributed by atoms with Gasteiger partial charge in [0.25, 0.3) is 0 Å². The number of esters is 1. The molecule has 29 heavy (non-hydrogen) atoms. The second kappa shape index (κ2) is 7.82. The van der Waals surface area contributed by atoms with Crippen LogP contribution in [0.4, 0.5) is 4.39 Å². The van der Waals surface area contributed by atoms with E-state index in [0.717, 1.165) is 11.4 Å². The topological polar surface area (TPSA) is 114 Å². The van der Waals surface area contributed by atoms with E-state index in [4.69, 9.17) is 9.26 Å². The van der Waals surface area contributed by atoms with Gasteiger partial charge in [-0.3, -0.25) is 4.79 Å². The van der Waals surface area contributed by atoms with Gasteiger partial charge in [0.05, 0.1) is 36.9 Å². The maximum atomic E-state index is 13.9. The first-order chi connectivity index (χ1) is 14.1. The van der Waals surface area contributed by atoms with Crippen molar-refractivity contribution in [2.45, 2.75) is 31.8 Å². The molecule has 0 unspecified atom stereocenters. The number of aromatic nitrogens is 4. The number of methoxy groups -OCH3 is 1. The molecular formula is C19H18FN5O4. The van der Waals surface area contributed by atoms with Gasteiger partial charge in [0.15, 0.2) is 0 Å². The summed E-state index contributed by atoms with van der Waals surface area (Å²) in [5.41, 5.74) is 1.76. The van der Waals surface area contributed by atoms with Crippen LogP contribution in [0.25, 0.3) is 11.4 Å². The zero-order valence-electron chi connectivity index (χ0n) is 15.6. The Labute approximate surface area is 164 Å². The van der Waals surface area contributed by atoms with Crippen molar-refractivity contribution in [2.75, 3.05) is 7.11 Å². The molecule has 4 rings (SSSR count).